The summed E-state index contributed by atoms with van der Waals surface area (Å²) in [6.45, 7) is -0.165. The normalized spacial score (nSPS) is 13.9. The quantitative estimate of drug-likeness (QED) is 0.186. The summed E-state index contributed by atoms with van der Waals surface area (Å²) in [4.78, 5) is 4.12. The molecule has 0 aliphatic rings. The number of hydrogen-bond acceptors (Lipinski definition) is 1. The molecule has 0 fully saturated rings. The van der Waals surface area contributed by atoms with E-state index in [1.165, 1.54) is 6.20 Å². The molecule has 0 aliphatic carbocycles. The van der Waals surface area contributed by atoms with Gasteiger partial charge in [0, 0.05) is 11.7 Å². The van der Waals surface area contributed by atoms with Crippen LogP contribution in [-0.4, -0.2) is 4.98 Å². The van der Waals surface area contributed by atoms with Crippen molar-refractivity contribution in [2.24, 2.45) is 0 Å². The summed E-state index contributed by atoms with van der Waals surface area (Å²) >= 11 is 0. The fourth-order valence-electron chi connectivity index (χ4n) is 3.38. The third-order valence-electron chi connectivity index (χ3n) is 5.19. The smallest absolute Gasteiger partial charge is 0.304 e. The Morgan fingerprint density at radius 2 is 1.38 bits per heavy atom. The molecule has 4 aromatic carbocycles. The Hall–Kier alpha value is -3.32. The summed E-state index contributed by atoms with van der Waals surface area (Å²) in [6.07, 6.45) is 1.39. The van der Waals surface area contributed by atoms with Gasteiger partial charge < -0.3 is 4.98 Å². The van der Waals surface area contributed by atoms with Gasteiger partial charge in [-0.2, -0.15) is 42.5 Å². The molecule has 34 heavy (non-hydrogen) atoms. The van der Waals surface area contributed by atoms with Gasteiger partial charge in [0.25, 0.3) is 0 Å². The maximum atomic E-state index is 8.74. The molecule has 0 aliphatic heterocycles. The number of nitrogens with zero attached hydrogens (tertiary/aromatic N) is 1. The summed E-state index contributed by atoms with van der Waals surface area (Å²) in [5.41, 5.74) is 5.77. The number of pyridine rings is 1. The Morgan fingerprint density at radius 3 is 2.00 bits per heavy atom. The zero-order chi connectivity index (χ0) is 26.3. The Bertz CT molecular complexity index is 1400. The molecule has 1 aromatic heterocycles. The Balaban J connectivity index is 0.000000213. The van der Waals surface area contributed by atoms with Gasteiger partial charge in [0.2, 0.25) is 0 Å². The maximum absolute atomic E-state index is 8.74. The molecule has 5 rings (SSSR count). The van der Waals surface area contributed by atoms with Gasteiger partial charge in [0.05, 0.1) is 0 Å². The number of aryl methyl sites for hydroxylation is 1. The summed E-state index contributed by atoms with van der Waals surface area (Å²) in [5, 5.41) is 0. The van der Waals surface area contributed by atoms with Crippen LogP contribution in [0.5, 0.6) is 0 Å². The van der Waals surface area contributed by atoms with Crippen LogP contribution >= 0.6 is 0 Å². The van der Waals surface area contributed by atoms with Gasteiger partial charge in [-0.3, -0.25) is 0 Å². The van der Waals surface area contributed by atoms with Crippen molar-refractivity contribution in [3.63, 3.8) is 0 Å². The molecule has 0 saturated heterocycles. The molecule has 0 amide bonds. The van der Waals surface area contributed by atoms with Crippen molar-refractivity contribution in [1.29, 1.82) is 0 Å². The SMILES string of the molecule is [2H]C(C)(c1ccccc1)c1cc[c-]c(-c2[c-]cccc2)c1.[2H]C([2H])([2H])c1ccc(-c2[c-]cccc2)nc1.[Ir+3]. The fraction of sp³-hybridized carbons (Fsp3) is 0.0938. The van der Waals surface area contributed by atoms with Crippen LogP contribution in [0.1, 0.15) is 35.0 Å². The van der Waals surface area contributed by atoms with Gasteiger partial charge in [-0.05, 0) is 29.6 Å². The van der Waals surface area contributed by atoms with E-state index in [1.807, 2.05) is 97.9 Å². The van der Waals surface area contributed by atoms with E-state index >= 15 is 0 Å². The van der Waals surface area contributed by atoms with Crippen molar-refractivity contribution in [3.8, 4) is 22.4 Å². The molecular weight excluding hydrogens is 591 g/mol. The van der Waals surface area contributed by atoms with Crippen molar-refractivity contribution in [3.05, 3.63) is 150 Å². The van der Waals surface area contributed by atoms with Crippen LogP contribution in [0.15, 0.2) is 115 Å². The molecule has 1 unspecified atom stereocenters. The molecule has 0 saturated carbocycles. The Morgan fingerprint density at radius 1 is 0.706 bits per heavy atom. The van der Waals surface area contributed by atoms with Gasteiger partial charge in [-0.25, -0.2) is 11.1 Å². The maximum Gasteiger partial charge on any atom is 3.00 e. The van der Waals surface area contributed by atoms with Crippen molar-refractivity contribution < 1.29 is 25.6 Å². The second-order valence-electron chi connectivity index (χ2n) is 7.47. The first kappa shape index (κ1) is 20.1. The van der Waals surface area contributed by atoms with E-state index in [4.69, 9.17) is 5.48 Å². The predicted molar refractivity (Wildman–Crippen MR) is 137 cm³/mol. The topological polar surface area (TPSA) is 12.9 Å². The van der Waals surface area contributed by atoms with Crippen LogP contribution in [0.3, 0.4) is 0 Å². The molecule has 1 heterocycles. The van der Waals surface area contributed by atoms with E-state index in [2.05, 4.69) is 23.2 Å². The van der Waals surface area contributed by atoms with Crippen LogP contribution in [-0.2, 0) is 20.1 Å². The van der Waals surface area contributed by atoms with Crippen molar-refractivity contribution in [2.45, 2.75) is 19.7 Å². The minimum absolute atomic E-state index is 0. The number of benzene rings is 4. The summed E-state index contributed by atoms with van der Waals surface area (Å²) in [7, 11) is 0. The largest absolute Gasteiger partial charge is 3.00 e. The van der Waals surface area contributed by atoms with E-state index in [0.717, 1.165) is 33.5 Å². The number of hydrogen-bond donors (Lipinski definition) is 0. The van der Waals surface area contributed by atoms with Crippen LogP contribution in [0, 0.1) is 25.1 Å². The first-order chi connectivity index (χ1) is 17.7. The predicted octanol–water partition coefficient (Wildman–Crippen LogP) is 7.96. The molecule has 0 radical (unpaired) electrons. The molecule has 1 atom stereocenters. The minimum Gasteiger partial charge on any atom is -0.304 e. The average molecular weight is 621 g/mol. The van der Waals surface area contributed by atoms with Crippen molar-refractivity contribution in [1.82, 2.24) is 4.98 Å². The monoisotopic (exact) mass is 621 g/mol. The number of aromatic nitrogens is 1. The first-order valence-corrected chi connectivity index (χ1v) is 10.7. The van der Waals surface area contributed by atoms with Crippen LogP contribution in [0.4, 0.5) is 0 Å². The summed E-state index contributed by atoms with van der Waals surface area (Å²) in [6, 6.07) is 43.9. The van der Waals surface area contributed by atoms with E-state index in [-0.39, 0.29) is 25.7 Å². The third-order valence-corrected chi connectivity index (χ3v) is 5.19. The van der Waals surface area contributed by atoms with Gasteiger partial charge >= 0.3 is 20.1 Å². The molecule has 2 heteroatoms. The second kappa shape index (κ2) is 12.8. The molecule has 5 aromatic rings. The van der Waals surface area contributed by atoms with Gasteiger partial charge in [-0.1, -0.05) is 49.4 Å². The zero-order valence-corrected chi connectivity index (χ0v) is 21.1. The zero-order valence-electron chi connectivity index (χ0n) is 22.8. The van der Waals surface area contributed by atoms with Gasteiger partial charge in [0.15, 0.2) is 0 Å². The standard InChI is InChI=1S/C20H16.C12H10N.Ir/c1-16(17-9-4-2-5-10-17)19-13-8-14-20(15-19)18-11-6-3-7-12-18;1-10-7-8-12(13-9-10)11-5-3-2-4-6-11;/h2-11,13,15-16H,1H3;2-5,7-9H,1H3;/q-2;-1;+3/i16D;1D3;. The van der Waals surface area contributed by atoms with Crippen molar-refractivity contribution >= 4 is 0 Å². The van der Waals surface area contributed by atoms with Gasteiger partial charge in [0.1, 0.15) is 0 Å². The molecule has 168 valence electrons. The molecular formula is C32H26IrN. The van der Waals surface area contributed by atoms with Gasteiger partial charge in [-0.15, -0.1) is 53.6 Å². The average Bonchev–Trinajstić information content (AvgIpc) is 2.94. The summed E-state index contributed by atoms with van der Waals surface area (Å²) < 4.78 is 30.4. The summed E-state index contributed by atoms with van der Waals surface area (Å²) in [5.74, 6) is -0.778. The molecule has 0 bridgehead atoms. The van der Waals surface area contributed by atoms with E-state index in [0.29, 0.717) is 0 Å². The van der Waals surface area contributed by atoms with E-state index < -0.39 is 12.7 Å². The minimum atomic E-state index is -2.09. The molecule has 0 spiro atoms. The molecule has 1 nitrogen and oxygen atoms in total. The third kappa shape index (κ3) is 6.84. The van der Waals surface area contributed by atoms with E-state index in [9.17, 15) is 0 Å². The fourth-order valence-corrected chi connectivity index (χ4v) is 3.38. The van der Waals surface area contributed by atoms with E-state index in [1.54, 1.807) is 18.2 Å². The second-order valence-corrected chi connectivity index (χ2v) is 7.47. The Labute approximate surface area is 222 Å². The van der Waals surface area contributed by atoms with Crippen LogP contribution in [0.25, 0.3) is 22.4 Å². The number of rotatable bonds is 4. The Kier molecular flexibility index (Phi) is 7.56. The molecule has 0 N–H and O–H groups in total. The van der Waals surface area contributed by atoms with Crippen LogP contribution in [0.2, 0.25) is 0 Å². The van der Waals surface area contributed by atoms with Crippen LogP contribution < -0.4 is 0 Å². The van der Waals surface area contributed by atoms with Crippen molar-refractivity contribution in [2.75, 3.05) is 0 Å². The first-order valence-electron chi connectivity index (χ1n) is 12.7.